The van der Waals surface area contributed by atoms with Crippen LogP contribution in [-0.2, 0) is 11.3 Å². The van der Waals surface area contributed by atoms with E-state index in [0.29, 0.717) is 17.1 Å². The third-order valence-electron chi connectivity index (χ3n) is 2.44. The highest BCUT2D eigenvalue weighted by atomic mass is 16.6. The van der Waals surface area contributed by atoms with Crippen molar-refractivity contribution in [1.29, 1.82) is 0 Å². The molecule has 6 heteroatoms. The number of hydrogen-bond donors (Lipinski definition) is 1. The van der Waals surface area contributed by atoms with Crippen molar-refractivity contribution in [2.75, 3.05) is 5.73 Å². The normalized spacial score (nSPS) is 10.3. The largest absolute Gasteiger partial charge is 0.452 e. The molecule has 0 aliphatic rings. The second-order valence-electron chi connectivity index (χ2n) is 3.85. The molecule has 0 saturated carbocycles. The molecule has 0 aliphatic carbocycles. The summed E-state index contributed by atoms with van der Waals surface area (Å²) in [5.74, 6) is 0.246. The Hall–Kier alpha value is -2.37. The van der Waals surface area contributed by atoms with Crippen molar-refractivity contribution in [2.45, 2.75) is 20.5 Å². The summed E-state index contributed by atoms with van der Waals surface area (Å²) in [5, 5.41) is 3.60. The molecule has 0 saturated heterocycles. The van der Waals surface area contributed by atoms with Crippen LogP contribution in [0.3, 0.4) is 0 Å². The van der Waals surface area contributed by atoms with Crippen LogP contribution in [0.4, 0.5) is 5.69 Å². The van der Waals surface area contributed by atoms with Crippen LogP contribution >= 0.6 is 0 Å². The van der Waals surface area contributed by atoms with Crippen molar-refractivity contribution >= 4 is 11.7 Å². The van der Waals surface area contributed by atoms with Gasteiger partial charge in [0.05, 0.1) is 5.56 Å². The maximum absolute atomic E-state index is 11.8. The van der Waals surface area contributed by atoms with E-state index in [2.05, 4.69) is 10.1 Å². The Balaban J connectivity index is 2.06. The van der Waals surface area contributed by atoms with Crippen LogP contribution in [0.1, 0.15) is 27.6 Å². The van der Waals surface area contributed by atoms with Gasteiger partial charge in [0.15, 0.2) is 12.4 Å². The van der Waals surface area contributed by atoms with Crippen molar-refractivity contribution in [2.24, 2.45) is 0 Å². The zero-order valence-corrected chi connectivity index (χ0v) is 10.1. The third-order valence-corrected chi connectivity index (χ3v) is 2.44. The van der Waals surface area contributed by atoms with E-state index >= 15 is 0 Å². The Morgan fingerprint density at radius 2 is 2.22 bits per heavy atom. The molecule has 18 heavy (non-hydrogen) atoms. The van der Waals surface area contributed by atoms with Gasteiger partial charge in [0.25, 0.3) is 5.89 Å². The van der Waals surface area contributed by atoms with Gasteiger partial charge >= 0.3 is 5.97 Å². The summed E-state index contributed by atoms with van der Waals surface area (Å²) in [6, 6.07) is 5.19. The Kier molecular flexibility index (Phi) is 3.27. The number of para-hydroxylation sites is 1. The summed E-state index contributed by atoms with van der Waals surface area (Å²) in [5.41, 5.74) is 7.40. The lowest BCUT2D eigenvalue weighted by Crippen LogP contribution is -2.09. The number of anilines is 1. The highest BCUT2D eigenvalue weighted by molar-refractivity contribution is 5.95. The molecule has 0 spiro atoms. The molecule has 1 aromatic carbocycles. The Morgan fingerprint density at radius 1 is 1.44 bits per heavy atom. The molecule has 1 heterocycles. The van der Waals surface area contributed by atoms with Crippen LogP contribution < -0.4 is 5.73 Å². The summed E-state index contributed by atoms with van der Waals surface area (Å²) in [4.78, 5) is 15.7. The highest BCUT2D eigenvalue weighted by Gasteiger charge is 2.14. The number of rotatable bonds is 3. The highest BCUT2D eigenvalue weighted by Crippen LogP contribution is 2.17. The minimum Gasteiger partial charge on any atom is -0.452 e. The first-order valence-electron chi connectivity index (χ1n) is 5.39. The molecule has 2 aromatic rings. The molecule has 0 unspecified atom stereocenters. The number of esters is 1. The van der Waals surface area contributed by atoms with Gasteiger partial charge in [-0.05, 0) is 25.5 Å². The number of carbonyl (C=O) groups excluding carboxylic acids is 1. The van der Waals surface area contributed by atoms with Crippen LogP contribution in [-0.4, -0.2) is 16.1 Å². The zero-order valence-electron chi connectivity index (χ0n) is 10.1. The second kappa shape index (κ2) is 4.87. The fourth-order valence-electron chi connectivity index (χ4n) is 1.46. The van der Waals surface area contributed by atoms with E-state index in [1.807, 2.05) is 13.0 Å². The van der Waals surface area contributed by atoms with E-state index in [-0.39, 0.29) is 12.5 Å². The van der Waals surface area contributed by atoms with Gasteiger partial charge in [0.1, 0.15) is 0 Å². The zero-order chi connectivity index (χ0) is 13.1. The molecule has 0 fully saturated rings. The van der Waals surface area contributed by atoms with Gasteiger partial charge in [-0.3, -0.25) is 0 Å². The predicted molar refractivity (Wildman–Crippen MR) is 63.7 cm³/mol. The van der Waals surface area contributed by atoms with Gasteiger partial charge in [-0.2, -0.15) is 4.98 Å². The molecular formula is C12H13N3O3. The molecule has 0 amide bonds. The molecular weight excluding hydrogens is 234 g/mol. The topological polar surface area (TPSA) is 91.2 Å². The van der Waals surface area contributed by atoms with E-state index in [0.717, 1.165) is 5.56 Å². The molecule has 0 radical (unpaired) electrons. The quantitative estimate of drug-likeness (QED) is 0.654. The average Bonchev–Trinajstić information content (AvgIpc) is 2.76. The minimum absolute atomic E-state index is 0.0624. The maximum atomic E-state index is 11.8. The first-order valence-corrected chi connectivity index (χ1v) is 5.39. The number of ether oxygens (including phenoxy) is 1. The van der Waals surface area contributed by atoms with Crippen LogP contribution in [0.5, 0.6) is 0 Å². The standard InChI is InChI=1S/C12H13N3O3/c1-7-4-3-5-9(11(7)13)12(16)17-6-10-14-8(2)15-18-10/h3-5H,6,13H2,1-2H3. The van der Waals surface area contributed by atoms with Gasteiger partial charge in [-0.1, -0.05) is 17.3 Å². The second-order valence-corrected chi connectivity index (χ2v) is 3.85. The smallest absolute Gasteiger partial charge is 0.340 e. The minimum atomic E-state index is -0.507. The fraction of sp³-hybridized carbons (Fsp3) is 0.250. The van der Waals surface area contributed by atoms with Crippen molar-refractivity contribution in [3.8, 4) is 0 Å². The Bertz CT molecular complexity index is 578. The number of hydrogen-bond acceptors (Lipinski definition) is 6. The maximum Gasteiger partial charge on any atom is 0.340 e. The fourth-order valence-corrected chi connectivity index (χ4v) is 1.46. The number of aryl methyl sites for hydroxylation is 2. The lowest BCUT2D eigenvalue weighted by Gasteiger charge is -2.07. The van der Waals surface area contributed by atoms with E-state index < -0.39 is 5.97 Å². The number of aromatic nitrogens is 2. The van der Waals surface area contributed by atoms with Gasteiger partial charge in [0.2, 0.25) is 0 Å². The van der Waals surface area contributed by atoms with Gasteiger partial charge in [-0.15, -0.1) is 0 Å². The monoisotopic (exact) mass is 247 g/mol. The number of benzene rings is 1. The van der Waals surface area contributed by atoms with Gasteiger partial charge in [0, 0.05) is 5.69 Å². The molecule has 2 N–H and O–H groups in total. The number of nitrogen functional groups attached to an aromatic ring is 1. The van der Waals surface area contributed by atoms with Crippen LogP contribution in [0.15, 0.2) is 22.7 Å². The van der Waals surface area contributed by atoms with E-state index in [9.17, 15) is 4.79 Å². The molecule has 6 nitrogen and oxygen atoms in total. The number of carbonyl (C=O) groups is 1. The lowest BCUT2D eigenvalue weighted by atomic mass is 10.1. The van der Waals surface area contributed by atoms with Gasteiger partial charge < -0.3 is 15.0 Å². The van der Waals surface area contributed by atoms with Crippen molar-refractivity contribution in [3.05, 3.63) is 41.0 Å². The van der Waals surface area contributed by atoms with Gasteiger partial charge in [-0.25, -0.2) is 4.79 Å². The molecule has 94 valence electrons. The average molecular weight is 247 g/mol. The molecule has 0 aliphatic heterocycles. The summed E-state index contributed by atoms with van der Waals surface area (Å²) < 4.78 is 9.88. The van der Waals surface area contributed by atoms with Crippen LogP contribution in [0, 0.1) is 13.8 Å². The predicted octanol–water partition coefficient (Wildman–Crippen LogP) is 1.63. The van der Waals surface area contributed by atoms with Crippen molar-refractivity contribution in [1.82, 2.24) is 10.1 Å². The molecule has 0 atom stereocenters. The van der Waals surface area contributed by atoms with Crippen LogP contribution in [0.2, 0.25) is 0 Å². The number of nitrogens with zero attached hydrogens (tertiary/aromatic N) is 2. The van der Waals surface area contributed by atoms with Crippen LogP contribution in [0.25, 0.3) is 0 Å². The van der Waals surface area contributed by atoms with E-state index in [1.165, 1.54) is 0 Å². The SMILES string of the molecule is Cc1noc(COC(=O)c2cccc(C)c2N)n1. The summed E-state index contributed by atoms with van der Waals surface area (Å²) in [7, 11) is 0. The Morgan fingerprint density at radius 3 is 2.89 bits per heavy atom. The first-order chi connectivity index (χ1) is 8.58. The molecule has 2 rings (SSSR count). The van der Waals surface area contributed by atoms with Crippen molar-refractivity contribution in [3.63, 3.8) is 0 Å². The third kappa shape index (κ3) is 2.48. The first kappa shape index (κ1) is 12.1. The molecule has 1 aromatic heterocycles. The summed E-state index contributed by atoms with van der Waals surface area (Å²) in [6.07, 6.45) is 0. The Labute approximate surface area is 104 Å². The summed E-state index contributed by atoms with van der Waals surface area (Å²) in [6.45, 7) is 3.45. The van der Waals surface area contributed by atoms with E-state index in [4.69, 9.17) is 15.0 Å². The summed E-state index contributed by atoms with van der Waals surface area (Å²) >= 11 is 0. The lowest BCUT2D eigenvalue weighted by molar-refractivity contribution is 0.0431. The van der Waals surface area contributed by atoms with E-state index in [1.54, 1.807) is 19.1 Å². The molecule has 0 bridgehead atoms. The number of nitrogens with two attached hydrogens (primary N) is 1. The van der Waals surface area contributed by atoms with Crippen molar-refractivity contribution < 1.29 is 14.1 Å².